The van der Waals surface area contributed by atoms with Crippen LogP contribution in [-0.4, -0.2) is 29.8 Å². The van der Waals surface area contributed by atoms with Crippen LogP contribution in [-0.2, 0) is 0 Å². The number of likely N-dealkylation sites (N-methyl/N-ethyl adjacent to an activating group) is 1. The molecule has 3 N–H and O–H groups in total. The van der Waals surface area contributed by atoms with Gasteiger partial charge in [0, 0.05) is 18.8 Å². The standard InChI is InChI=1S/C11H15FN2OS/c1-2-14(6-7-15)9-5-3-4-8(12)10(9)11(13)16/h3-5,15H,2,6-7H2,1H3,(H2,13,16). The molecule has 1 aromatic carbocycles. The zero-order valence-corrected chi connectivity index (χ0v) is 9.93. The summed E-state index contributed by atoms with van der Waals surface area (Å²) in [6.45, 7) is 3.00. The lowest BCUT2D eigenvalue weighted by molar-refractivity contribution is 0.302. The molecule has 16 heavy (non-hydrogen) atoms. The van der Waals surface area contributed by atoms with Gasteiger partial charge in [0.1, 0.15) is 10.8 Å². The predicted octanol–water partition coefficient (Wildman–Crippen LogP) is 1.28. The zero-order chi connectivity index (χ0) is 12.1. The van der Waals surface area contributed by atoms with E-state index in [4.69, 9.17) is 23.1 Å². The van der Waals surface area contributed by atoms with E-state index in [0.29, 0.717) is 18.8 Å². The van der Waals surface area contributed by atoms with Crippen LogP contribution in [0.15, 0.2) is 18.2 Å². The third-order valence-electron chi connectivity index (χ3n) is 2.33. The minimum absolute atomic E-state index is 0.00112. The first-order chi connectivity index (χ1) is 7.61. The van der Waals surface area contributed by atoms with E-state index in [1.807, 2.05) is 11.8 Å². The van der Waals surface area contributed by atoms with Crippen molar-refractivity contribution in [2.24, 2.45) is 5.73 Å². The summed E-state index contributed by atoms with van der Waals surface area (Å²) in [6, 6.07) is 4.67. The van der Waals surface area contributed by atoms with Gasteiger partial charge in [-0.25, -0.2) is 4.39 Å². The Morgan fingerprint density at radius 1 is 1.56 bits per heavy atom. The molecular weight excluding hydrogens is 227 g/mol. The Morgan fingerprint density at radius 2 is 2.25 bits per heavy atom. The van der Waals surface area contributed by atoms with E-state index in [1.165, 1.54) is 6.07 Å². The maximum absolute atomic E-state index is 13.6. The molecule has 5 heteroatoms. The van der Waals surface area contributed by atoms with Gasteiger partial charge in [0.2, 0.25) is 0 Å². The monoisotopic (exact) mass is 242 g/mol. The Labute approximate surface area is 99.7 Å². The highest BCUT2D eigenvalue weighted by atomic mass is 32.1. The number of aliphatic hydroxyl groups is 1. The van der Waals surface area contributed by atoms with Crippen LogP contribution in [0.2, 0.25) is 0 Å². The Hall–Kier alpha value is -1.20. The average Bonchev–Trinajstić information content (AvgIpc) is 2.25. The van der Waals surface area contributed by atoms with Crippen LogP contribution in [0.5, 0.6) is 0 Å². The molecule has 0 fully saturated rings. The summed E-state index contributed by atoms with van der Waals surface area (Å²) in [5.41, 5.74) is 6.38. The fourth-order valence-electron chi connectivity index (χ4n) is 1.59. The summed E-state index contributed by atoms with van der Waals surface area (Å²) in [6.07, 6.45) is 0. The molecule has 88 valence electrons. The number of thiocarbonyl (C=S) groups is 1. The third-order valence-corrected chi connectivity index (χ3v) is 2.53. The highest BCUT2D eigenvalue weighted by Crippen LogP contribution is 2.22. The van der Waals surface area contributed by atoms with Crippen molar-refractivity contribution in [3.05, 3.63) is 29.6 Å². The molecule has 0 unspecified atom stereocenters. The molecule has 0 heterocycles. The maximum atomic E-state index is 13.6. The number of nitrogens with zero attached hydrogens (tertiary/aromatic N) is 1. The minimum atomic E-state index is -0.429. The molecule has 0 radical (unpaired) electrons. The molecule has 0 spiro atoms. The first-order valence-corrected chi connectivity index (χ1v) is 5.46. The minimum Gasteiger partial charge on any atom is -0.395 e. The normalized spacial score (nSPS) is 10.2. The van der Waals surface area contributed by atoms with Crippen LogP contribution < -0.4 is 10.6 Å². The number of benzene rings is 1. The van der Waals surface area contributed by atoms with Crippen LogP contribution in [0.4, 0.5) is 10.1 Å². The largest absolute Gasteiger partial charge is 0.395 e. The second-order valence-electron chi connectivity index (χ2n) is 3.30. The maximum Gasteiger partial charge on any atom is 0.135 e. The fourth-order valence-corrected chi connectivity index (χ4v) is 1.79. The van der Waals surface area contributed by atoms with Crippen LogP contribution in [0, 0.1) is 5.82 Å². The summed E-state index contributed by atoms with van der Waals surface area (Å²) < 4.78 is 13.6. The summed E-state index contributed by atoms with van der Waals surface area (Å²) in [5.74, 6) is -0.429. The summed E-state index contributed by atoms with van der Waals surface area (Å²) >= 11 is 4.84. The first kappa shape index (κ1) is 12.9. The molecule has 0 saturated carbocycles. The van der Waals surface area contributed by atoms with Gasteiger partial charge in [-0.1, -0.05) is 18.3 Å². The lowest BCUT2D eigenvalue weighted by atomic mass is 10.1. The van der Waals surface area contributed by atoms with Crippen molar-refractivity contribution in [1.82, 2.24) is 0 Å². The van der Waals surface area contributed by atoms with Crippen molar-refractivity contribution in [2.45, 2.75) is 6.92 Å². The number of nitrogens with two attached hydrogens (primary N) is 1. The van der Waals surface area contributed by atoms with E-state index in [0.717, 1.165) is 0 Å². The van der Waals surface area contributed by atoms with Crippen molar-refractivity contribution < 1.29 is 9.50 Å². The summed E-state index contributed by atoms with van der Waals surface area (Å²) in [7, 11) is 0. The zero-order valence-electron chi connectivity index (χ0n) is 9.11. The Bertz CT molecular complexity index is 384. The Balaban J connectivity index is 3.20. The molecule has 0 saturated heterocycles. The second-order valence-corrected chi connectivity index (χ2v) is 3.74. The van der Waals surface area contributed by atoms with Gasteiger partial charge in [-0.3, -0.25) is 0 Å². The SMILES string of the molecule is CCN(CCO)c1cccc(F)c1C(N)=S. The van der Waals surface area contributed by atoms with Crippen LogP contribution in [0.25, 0.3) is 0 Å². The Morgan fingerprint density at radius 3 is 2.75 bits per heavy atom. The van der Waals surface area contributed by atoms with Gasteiger partial charge in [0.25, 0.3) is 0 Å². The molecule has 0 amide bonds. The number of halogens is 1. The molecule has 1 aromatic rings. The molecule has 0 aliphatic carbocycles. The molecule has 0 aromatic heterocycles. The predicted molar refractivity (Wildman–Crippen MR) is 67.3 cm³/mol. The molecule has 1 rings (SSSR count). The Kier molecular flexibility index (Phi) is 4.64. The lowest BCUT2D eigenvalue weighted by Gasteiger charge is -2.24. The number of anilines is 1. The highest BCUT2D eigenvalue weighted by molar-refractivity contribution is 7.80. The summed E-state index contributed by atoms with van der Waals surface area (Å²) in [4.78, 5) is 1.86. The topological polar surface area (TPSA) is 49.5 Å². The molecule has 0 aliphatic rings. The van der Waals surface area contributed by atoms with E-state index in [2.05, 4.69) is 0 Å². The average molecular weight is 242 g/mol. The van der Waals surface area contributed by atoms with Gasteiger partial charge in [0.05, 0.1) is 12.2 Å². The van der Waals surface area contributed by atoms with Crippen molar-refractivity contribution in [1.29, 1.82) is 0 Å². The van der Waals surface area contributed by atoms with Crippen LogP contribution >= 0.6 is 12.2 Å². The van der Waals surface area contributed by atoms with Gasteiger partial charge in [-0.05, 0) is 19.1 Å². The van der Waals surface area contributed by atoms with E-state index < -0.39 is 5.82 Å². The molecule has 0 bridgehead atoms. The number of rotatable bonds is 5. The van der Waals surface area contributed by atoms with Gasteiger partial charge in [-0.15, -0.1) is 0 Å². The number of hydrogen-bond acceptors (Lipinski definition) is 3. The number of aliphatic hydroxyl groups excluding tert-OH is 1. The smallest absolute Gasteiger partial charge is 0.135 e. The van der Waals surface area contributed by atoms with E-state index in [-0.39, 0.29) is 17.2 Å². The van der Waals surface area contributed by atoms with Crippen LogP contribution in [0.3, 0.4) is 0 Å². The van der Waals surface area contributed by atoms with Gasteiger partial charge < -0.3 is 15.7 Å². The number of hydrogen-bond donors (Lipinski definition) is 2. The first-order valence-electron chi connectivity index (χ1n) is 5.06. The molecule has 0 atom stereocenters. The molecular formula is C11H15FN2OS. The van der Waals surface area contributed by atoms with Crippen molar-refractivity contribution >= 4 is 22.9 Å². The van der Waals surface area contributed by atoms with Crippen molar-refractivity contribution in [3.8, 4) is 0 Å². The van der Waals surface area contributed by atoms with Crippen molar-refractivity contribution in [2.75, 3.05) is 24.6 Å². The lowest BCUT2D eigenvalue weighted by Crippen LogP contribution is -2.29. The van der Waals surface area contributed by atoms with E-state index >= 15 is 0 Å². The quantitative estimate of drug-likeness (QED) is 0.764. The third kappa shape index (κ3) is 2.68. The summed E-state index contributed by atoms with van der Waals surface area (Å²) in [5, 5.41) is 8.93. The second kappa shape index (κ2) is 5.77. The van der Waals surface area contributed by atoms with E-state index in [1.54, 1.807) is 12.1 Å². The van der Waals surface area contributed by atoms with Gasteiger partial charge in [0.15, 0.2) is 0 Å². The van der Waals surface area contributed by atoms with Crippen molar-refractivity contribution in [3.63, 3.8) is 0 Å². The highest BCUT2D eigenvalue weighted by Gasteiger charge is 2.15. The van der Waals surface area contributed by atoms with Gasteiger partial charge >= 0.3 is 0 Å². The fraction of sp³-hybridized carbons (Fsp3) is 0.364. The van der Waals surface area contributed by atoms with Crippen LogP contribution in [0.1, 0.15) is 12.5 Å². The molecule has 3 nitrogen and oxygen atoms in total. The molecule has 0 aliphatic heterocycles. The van der Waals surface area contributed by atoms with Gasteiger partial charge in [-0.2, -0.15) is 0 Å². The van der Waals surface area contributed by atoms with E-state index in [9.17, 15) is 4.39 Å².